The average molecular weight is 316 g/mol. The molecule has 0 bridgehead atoms. The molecule has 2 rings (SSSR count). The lowest BCUT2D eigenvalue weighted by atomic mass is 9.85. The molecule has 1 aliphatic carbocycles. The number of terminal acetylenes is 1. The summed E-state index contributed by atoms with van der Waals surface area (Å²) in [5.74, 6) is 2.80. The summed E-state index contributed by atoms with van der Waals surface area (Å²) in [7, 11) is 0. The van der Waals surface area contributed by atoms with Gasteiger partial charge in [0.05, 0.1) is 15.9 Å². The molecule has 1 fully saturated rings. The van der Waals surface area contributed by atoms with E-state index in [1.165, 1.54) is 12.1 Å². The maximum atomic E-state index is 11.1. The van der Waals surface area contributed by atoms with Crippen molar-refractivity contribution < 1.29 is 9.85 Å². The van der Waals surface area contributed by atoms with Crippen LogP contribution >= 0.6 is 0 Å². The zero-order valence-electron chi connectivity index (χ0n) is 12.4. The van der Waals surface area contributed by atoms with Crippen molar-refractivity contribution in [3.05, 3.63) is 38.4 Å². The van der Waals surface area contributed by atoms with Gasteiger partial charge >= 0.3 is 5.69 Å². The number of nitrogens with one attached hydrogen (secondary N) is 1. The Morgan fingerprint density at radius 3 is 2.74 bits per heavy atom. The first-order chi connectivity index (χ1) is 11.0. The predicted octanol–water partition coefficient (Wildman–Crippen LogP) is 3.48. The lowest BCUT2D eigenvalue weighted by Crippen LogP contribution is -2.20. The second kappa shape index (κ2) is 7.35. The van der Waals surface area contributed by atoms with Crippen LogP contribution < -0.4 is 5.43 Å². The Bertz CT molecular complexity index is 693. The van der Waals surface area contributed by atoms with E-state index in [4.69, 9.17) is 6.42 Å². The fourth-order valence-electron chi connectivity index (χ4n) is 2.59. The number of hydrogen-bond acceptors (Lipinski definition) is 6. The molecule has 0 spiro atoms. The van der Waals surface area contributed by atoms with Gasteiger partial charge in [-0.15, -0.1) is 12.3 Å². The molecule has 0 radical (unpaired) electrons. The molecule has 0 amide bonds. The summed E-state index contributed by atoms with van der Waals surface area (Å²) in [4.78, 5) is 20.5. The van der Waals surface area contributed by atoms with Gasteiger partial charge in [0.1, 0.15) is 5.69 Å². The van der Waals surface area contributed by atoms with Crippen molar-refractivity contribution in [3.63, 3.8) is 0 Å². The number of nitrogens with zero attached hydrogens (tertiary/aromatic N) is 3. The molecule has 1 aromatic rings. The summed E-state index contributed by atoms with van der Waals surface area (Å²) in [5, 5.41) is 26.1. The number of non-ortho nitro benzene ring substituents is 1. The van der Waals surface area contributed by atoms with Gasteiger partial charge in [-0.1, -0.05) is 6.42 Å². The second-order valence-electron chi connectivity index (χ2n) is 5.28. The lowest BCUT2D eigenvalue weighted by molar-refractivity contribution is -0.393. The largest absolute Gasteiger partial charge is 0.301 e. The van der Waals surface area contributed by atoms with Crippen molar-refractivity contribution in [3.8, 4) is 12.3 Å². The third-order valence-corrected chi connectivity index (χ3v) is 3.78. The molecule has 1 unspecified atom stereocenters. The summed E-state index contributed by atoms with van der Waals surface area (Å²) >= 11 is 0. The van der Waals surface area contributed by atoms with Crippen LogP contribution in [0.5, 0.6) is 0 Å². The Morgan fingerprint density at radius 1 is 1.30 bits per heavy atom. The van der Waals surface area contributed by atoms with Crippen molar-refractivity contribution in [2.24, 2.45) is 11.0 Å². The normalized spacial score (nSPS) is 19.1. The van der Waals surface area contributed by atoms with Gasteiger partial charge in [0.15, 0.2) is 0 Å². The first kappa shape index (κ1) is 16.4. The Hall–Kier alpha value is -2.95. The van der Waals surface area contributed by atoms with E-state index >= 15 is 0 Å². The minimum absolute atomic E-state index is 0.123. The van der Waals surface area contributed by atoms with Gasteiger partial charge in [-0.05, 0) is 25.3 Å². The molecule has 0 saturated heterocycles. The van der Waals surface area contributed by atoms with Crippen molar-refractivity contribution in [1.29, 1.82) is 0 Å². The molecule has 8 nitrogen and oxygen atoms in total. The molecule has 0 heterocycles. The lowest BCUT2D eigenvalue weighted by Gasteiger charge is -2.22. The van der Waals surface area contributed by atoms with Crippen LogP contribution in [0.25, 0.3) is 0 Å². The number of hydrogen-bond donors (Lipinski definition) is 1. The minimum Gasteiger partial charge on any atom is -0.272 e. The zero-order valence-corrected chi connectivity index (χ0v) is 12.4. The molecule has 1 atom stereocenters. The molecule has 0 aliphatic heterocycles. The summed E-state index contributed by atoms with van der Waals surface area (Å²) < 4.78 is 0. The number of benzene rings is 1. The first-order valence-electron chi connectivity index (χ1n) is 7.21. The van der Waals surface area contributed by atoms with Crippen LogP contribution in [0.15, 0.2) is 23.3 Å². The van der Waals surface area contributed by atoms with E-state index in [-0.39, 0.29) is 23.0 Å². The van der Waals surface area contributed by atoms with E-state index in [9.17, 15) is 20.2 Å². The third-order valence-electron chi connectivity index (χ3n) is 3.78. The van der Waals surface area contributed by atoms with Crippen LogP contribution in [-0.2, 0) is 0 Å². The Balaban J connectivity index is 2.25. The Labute approximate surface area is 132 Å². The smallest absolute Gasteiger partial charge is 0.272 e. The fourth-order valence-corrected chi connectivity index (χ4v) is 2.59. The highest BCUT2D eigenvalue weighted by Crippen LogP contribution is 2.30. The second-order valence-corrected chi connectivity index (χ2v) is 5.28. The monoisotopic (exact) mass is 316 g/mol. The maximum Gasteiger partial charge on any atom is 0.301 e. The van der Waals surface area contributed by atoms with Crippen LogP contribution in [0, 0.1) is 38.5 Å². The minimum atomic E-state index is -0.674. The van der Waals surface area contributed by atoms with E-state index in [1.807, 2.05) is 0 Å². The predicted molar refractivity (Wildman–Crippen MR) is 86.2 cm³/mol. The molecule has 1 aliphatic rings. The molecular weight excluding hydrogens is 300 g/mol. The van der Waals surface area contributed by atoms with Crippen molar-refractivity contribution in [1.82, 2.24) is 0 Å². The molecule has 1 saturated carbocycles. The van der Waals surface area contributed by atoms with Gasteiger partial charge < -0.3 is 0 Å². The van der Waals surface area contributed by atoms with Crippen LogP contribution in [0.1, 0.15) is 32.1 Å². The SMILES string of the molecule is C#CCC1CCCCC1=NNc1ccc([N+](=O)[O-])cc1[N+](=O)[O-]. The Morgan fingerprint density at radius 2 is 2.09 bits per heavy atom. The quantitative estimate of drug-likeness (QED) is 0.508. The van der Waals surface area contributed by atoms with Gasteiger partial charge in [-0.2, -0.15) is 5.10 Å². The van der Waals surface area contributed by atoms with Gasteiger partial charge in [0.25, 0.3) is 5.69 Å². The standard InChI is InChI=1S/C15H16N4O4/c1-2-5-11-6-3-4-7-13(11)16-17-14-9-8-12(18(20)21)10-15(14)19(22)23/h1,8-11,17H,3-7H2. The zero-order chi connectivity index (χ0) is 16.8. The van der Waals surface area contributed by atoms with Crippen LogP contribution in [0.2, 0.25) is 0 Å². The summed E-state index contributed by atoms with van der Waals surface area (Å²) in [6, 6.07) is 3.41. The van der Waals surface area contributed by atoms with Crippen molar-refractivity contribution in [2.75, 3.05) is 5.43 Å². The summed E-state index contributed by atoms with van der Waals surface area (Å²) in [5.41, 5.74) is 2.97. The van der Waals surface area contributed by atoms with E-state index in [1.54, 1.807) is 0 Å². The molecule has 1 aromatic carbocycles. The van der Waals surface area contributed by atoms with Crippen LogP contribution in [0.3, 0.4) is 0 Å². The fraction of sp³-hybridized carbons (Fsp3) is 0.400. The van der Waals surface area contributed by atoms with Crippen molar-refractivity contribution >= 4 is 22.8 Å². The number of nitro groups is 2. The third kappa shape index (κ3) is 4.03. The van der Waals surface area contributed by atoms with Gasteiger partial charge in [0.2, 0.25) is 0 Å². The maximum absolute atomic E-state index is 11.1. The van der Waals surface area contributed by atoms with E-state index in [0.717, 1.165) is 37.5 Å². The first-order valence-corrected chi connectivity index (χ1v) is 7.21. The van der Waals surface area contributed by atoms with Crippen LogP contribution in [0.4, 0.5) is 17.1 Å². The van der Waals surface area contributed by atoms with E-state index in [2.05, 4.69) is 16.4 Å². The van der Waals surface area contributed by atoms with E-state index < -0.39 is 9.85 Å². The van der Waals surface area contributed by atoms with Crippen LogP contribution in [-0.4, -0.2) is 15.6 Å². The molecule has 8 heteroatoms. The van der Waals surface area contributed by atoms with Crippen molar-refractivity contribution in [2.45, 2.75) is 32.1 Å². The molecule has 120 valence electrons. The number of rotatable bonds is 5. The molecule has 1 N–H and O–H groups in total. The molecular formula is C15H16N4O4. The highest BCUT2D eigenvalue weighted by molar-refractivity contribution is 5.88. The van der Waals surface area contributed by atoms with E-state index in [0.29, 0.717) is 6.42 Å². The topological polar surface area (TPSA) is 111 Å². The average Bonchev–Trinajstić information content (AvgIpc) is 2.54. The van der Waals surface area contributed by atoms with Gasteiger partial charge in [-0.25, -0.2) is 0 Å². The molecule has 0 aromatic heterocycles. The van der Waals surface area contributed by atoms with Gasteiger partial charge in [-0.3, -0.25) is 25.7 Å². The molecule has 23 heavy (non-hydrogen) atoms. The highest BCUT2D eigenvalue weighted by Gasteiger charge is 2.22. The summed E-state index contributed by atoms with van der Waals surface area (Å²) in [6.07, 6.45) is 9.78. The number of anilines is 1. The number of hydrazone groups is 1. The Kier molecular flexibility index (Phi) is 5.25. The van der Waals surface area contributed by atoms with Gasteiger partial charge in [0, 0.05) is 24.1 Å². The summed E-state index contributed by atoms with van der Waals surface area (Å²) in [6.45, 7) is 0. The number of nitro benzene ring substituents is 2. The highest BCUT2D eigenvalue weighted by atomic mass is 16.6.